The van der Waals surface area contributed by atoms with Crippen molar-refractivity contribution >= 4 is 39.9 Å². The molecule has 1 aromatic carbocycles. The van der Waals surface area contributed by atoms with E-state index in [0.29, 0.717) is 13.0 Å². The maximum atomic E-state index is 11.2. The van der Waals surface area contributed by atoms with Crippen LogP contribution in [0.1, 0.15) is 6.42 Å². The van der Waals surface area contributed by atoms with Gasteiger partial charge in [-0.3, -0.25) is 4.79 Å². The Morgan fingerprint density at radius 3 is 2.64 bits per heavy atom. The van der Waals surface area contributed by atoms with Crippen LogP contribution >= 0.6 is 28.3 Å². The summed E-state index contributed by atoms with van der Waals surface area (Å²) in [4.78, 5) is 11.2. The van der Waals surface area contributed by atoms with E-state index >= 15 is 0 Å². The molecule has 1 rings (SSSR count). The quantitative estimate of drug-likeness (QED) is 0.891. The lowest BCUT2D eigenvalue weighted by Crippen LogP contribution is -2.16. The minimum absolute atomic E-state index is 0. The van der Waals surface area contributed by atoms with Crippen molar-refractivity contribution in [3.63, 3.8) is 0 Å². The number of nitrogens with two attached hydrogens (primary N) is 1. The van der Waals surface area contributed by atoms with Crippen LogP contribution in [-0.4, -0.2) is 12.5 Å². The van der Waals surface area contributed by atoms with Gasteiger partial charge in [0, 0.05) is 17.4 Å². The molecular formula is C9H12BrClN2O. The summed E-state index contributed by atoms with van der Waals surface area (Å²) in [6, 6.07) is 7.46. The number of nitrogens with one attached hydrogen (secondary N) is 1. The number of halogens is 2. The monoisotopic (exact) mass is 278 g/mol. The van der Waals surface area contributed by atoms with Crippen LogP contribution in [0.15, 0.2) is 28.7 Å². The van der Waals surface area contributed by atoms with Crippen LogP contribution in [0.3, 0.4) is 0 Å². The third kappa shape index (κ3) is 4.09. The molecule has 3 nitrogen and oxygen atoms in total. The Labute approximate surface area is 97.6 Å². The average molecular weight is 280 g/mol. The number of anilines is 1. The minimum Gasteiger partial charge on any atom is -0.330 e. The second-order valence-corrected chi connectivity index (χ2v) is 3.42. The van der Waals surface area contributed by atoms with Gasteiger partial charge in [-0.15, -0.1) is 12.4 Å². The van der Waals surface area contributed by atoms with Gasteiger partial charge in [0.25, 0.3) is 0 Å². The first-order valence-corrected chi connectivity index (χ1v) is 4.78. The van der Waals surface area contributed by atoms with Gasteiger partial charge in [-0.1, -0.05) is 12.1 Å². The van der Waals surface area contributed by atoms with E-state index in [1.807, 2.05) is 24.3 Å². The molecule has 0 saturated carbocycles. The first-order valence-electron chi connectivity index (χ1n) is 3.98. The predicted octanol–water partition coefficient (Wildman–Crippen LogP) is 2.16. The molecule has 0 bridgehead atoms. The maximum absolute atomic E-state index is 11.2. The molecule has 14 heavy (non-hydrogen) atoms. The summed E-state index contributed by atoms with van der Waals surface area (Å²) in [5, 5.41) is 2.75. The molecule has 0 unspecified atom stereocenters. The molecule has 0 atom stereocenters. The van der Waals surface area contributed by atoms with Crippen LogP contribution in [0.25, 0.3) is 0 Å². The SMILES string of the molecule is Cl.NCCC(=O)Nc1ccccc1Br. The summed E-state index contributed by atoms with van der Waals surface area (Å²) in [6.07, 6.45) is 0.349. The number of carbonyl (C=O) groups is 1. The summed E-state index contributed by atoms with van der Waals surface area (Å²) in [5.74, 6) is -0.0607. The first kappa shape index (κ1) is 13.4. The molecule has 0 aliphatic carbocycles. The van der Waals surface area contributed by atoms with Gasteiger partial charge in [0.15, 0.2) is 0 Å². The predicted molar refractivity (Wildman–Crippen MR) is 63.7 cm³/mol. The molecule has 0 aromatic heterocycles. The van der Waals surface area contributed by atoms with Crippen molar-refractivity contribution in [1.29, 1.82) is 0 Å². The van der Waals surface area contributed by atoms with Crippen molar-refractivity contribution in [2.24, 2.45) is 5.73 Å². The van der Waals surface area contributed by atoms with Crippen molar-refractivity contribution in [1.82, 2.24) is 0 Å². The van der Waals surface area contributed by atoms with Gasteiger partial charge < -0.3 is 11.1 Å². The van der Waals surface area contributed by atoms with Gasteiger partial charge >= 0.3 is 0 Å². The molecule has 0 radical (unpaired) electrons. The van der Waals surface area contributed by atoms with E-state index in [1.54, 1.807) is 0 Å². The second kappa shape index (κ2) is 6.81. The smallest absolute Gasteiger partial charge is 0.225 e. The first-order chi connectivity index (χ1) is 6.24. The zero-order chi connectivity index (χ0) is 9.68. The summed E-state index contributed by atoms with van der Waals surface area (Å²) >= 11 is 3.33. The number of hydrogen-bond donors (Lipinski definition) is 2. The van der Waals surface area contributed by atoms with E-state index in [1.165, 1.54) is 0 Å². The van der Waals surface area contributed by atoms with Crippen molar-refractivity contribution in [3.05, 3.63) is 28.7 Å². The molecule has 0 heterocycles. The van der Waals surface area contributed by atoms with Crippen molar-refractivity contribution in [2.75, 3.05) is 11.9 Å². The molecule has 1 amide bonds. The maximum Gasteiger partial charge on any atom is 0.225 e. The molecule has 5 heteroatoms. The molecular weight excluding hydrogens is 267 g/mol. The minimum atomic E-state index is -0.0607. The Kier molecular flexibility index (Phi) is 6.53. The normalized spacial score (nSPS) is 9.00. The van der Waals surface area contributed by atoms with Crippen molar-refractivity contribution in [3.8, 4) is 0 Å². The number of hydrogen-bond acceptors (Lipinski definition) is 2. The molecule has 78 valence electrons. The lowest BCUT2D eigenvalue weighted by atomic mass is 10.3. The average Bonchev–Trinajstić information content (AvgIpc) is 2.09. The van der Waals surface area contributed by atoms with Crippen LogP contribution in [0, 0.1) is 0 Å². The van der Waals surface area contributed by atoms with E-state index in [0.717, 1.165) is 10.2 Å². The fraction of sp³-hybridized carbons (Fsp3) is 0.222. The standard InChI is InChI=1S/C9H11BrN2O.ClH/c10-7-3-1-2-4-8(7)12-9(13)5-6-11;/h1-4H,5-6,11H2,(H,12,13);1H. The summed E-state index contributed by atoms with van der Waals surface area (Å²) in [6.45, 7) is 0.371. The van der Waals surface area contributed by atoms with Crippen molar-refractivity contribution in [2.45, 2.75) is 6.42 Å². The Bertz CT molecular complexity index is 307. The van der Waals surface area contributed by atoms with Crippen LogP contribution < -0.4 is 11.1 Å². The highest BCUT2D eigenvalue weighted by molar-refractivity contribution is 9.10. The molecule has 0 aliphatic heterocycles. The third-order valence-electron chi connectivity index (χ3n) is 1.52. The highest BCUT2D eigenvalue weighted by atomic mass is 79.9. The Morgan fingerprint density at radius 1 is 1.43 bits per heavy atom. The number of benzene rings is 1. The fourth-order valence-electron chi connectivity index (χ4n) is 0.906. The van der Waals surface area contributed by atoms with E-state index in [4.69, 9.17) is 5.73 Å². The van der Waals surface area contributed by atoms with E-state index in [2.05, 4.69) is 21.2 Å². The van der Waals surface area contributed by atoms with E-state index in [-0.39, 0.29) is 18.3 Å². The van der Waals surface area contributed by atoms with Gasteiger partial charge in [-0.2, -0.15) is 0 Å². The highest BCUT2D eigenvalue weighted by Gasteiger charge is 2.02. The lowest BCUT2D eigenvalue weighted by molar-refractivity contribution is -0.116. The number of carbonyl (C=O) groups excluding carboxylic acids is 1. The Morgan fingerprint density at radius 2 is 2.07 bits per heavy atom. The highest BCUT2D eigenvalue weighted by Crippen LogP contribution is 2.20. The Balaban J connectivity index is 0.00000169. The van der Waals surface area contributed by atoms with E-state index in [9.17, 15) is 4.79 Å². The molecule has 3 N–H and O–H groups in total. The van der Waals surface area contributed by atoms with Gasteiger partial charge in [0.05, 0.1) is 5.69 Å². The lowest BCUT2D eigenvalue weighted by Gasteiger charge is -2.05. The largest absolute Gasteiger partial charge is 0.330 e. The topological polar surface area (TPSA) is 55.1 Å². The molecule has 0 fully saturated rings. The van der Waals surface area contributed by atoms with Crippen LogP contribution in [0.4, 0.5) is 5.69 Å². The number of rotatable bonds is 3. The summed E-state index contributed by atoms with van der Waals surface area (Å²) < 4.78 is 0.875. The van der Waals surface area contributed by atoms with Crippen LogP contribution in [0.2, 0.25) is 0 Å². The molecule has 0 saturated heterocycles. The van der Waals surface area contributed by atoms with Gasteiger partial charge in [-0.05, 0) is 28.1 Å². The van der Waals surface area contributed by atoms with Gasteiger partial charge in [-0.25, -0.2) is 0 Å². The van der Waals surface area contributed by atoms with Crippen LogP contribution in [-0.2, 0) is 4.79 Å². The fourth-order valence-corrected chi connectivity index (χ4v) is 1.29. The zero-order valence-corrected chi connectivity index (χ0v) is 9.90. The summed E-state index contributed by atoms with van der Waals surface area (Å²) in [7, 11) is 0. The van der Waals surface area contributed by atoms with E-state index < -0.39 is 0 Å². The van der Waals surface area contributed by atoms with Gasteiger partial charge in [0.1, 0.15) is 0 Å². The third-order valence-corrected chi connectivity index (χ3v) is 2.21. The Hall–Kier alpha value is -0.580. The number of para-hydroxylation sites is 1. The van der Waals surface area contributed by atoms with Crippen LogP contribution in [0.5, 0.6) is 0 Å². The van der Waals surface area contributed by atoms with Gasteiger partial charge in [0.2, 0.25) is 5.91 Å². The molecule has 0 aliphatic rings. The number of amides is 1. The summed E-state index contributed by atoms with van der Waals surface area (Å²) in [5.41, 5.74) is 6.03. The molecule has 0 spiro atoms. The van der Waals surface area contributed by atoms with Crippen molar-refractivity contribution < 1.29 is 4.79 Å². The second-order valence-electron chi connectivity index (χ2n) is 2.57. The molecule has 1 aromatic rings. The zero-order valence-electron chi connectivity index (χ0n) is 7.50.